The van der Waals surface area contributed by atoms with Gasteiger partial charge in [-0.05, 0) is 57.2 Å². The molecule has 0 radical (unpaired) electrons. The van der Waals surface area contributed by atoms with E-state index in [1.54, 1.807) is 6.07 Å². The molecule has 3 N–H and O–H groups in total. The third-order valence-corrected chi connectivity index (χ3v) is 4.77. The zero-order valence-corrected chi connectivity index (χ0v) is 15.9. The van der Waals surface area contributed by atoms with Crippen LogP contribution in [-0.2, 0) is 6.18 Å². The molecule has 0 spiro atoms. The van der Waals surface area contributed by atoms with Crippen molar-refractivity contribution in [2.45, 2.75) is 25.4 Å². The molecule has 1 saturated heterocycles. The molecule has 0 atom stereocenters. The SMILES string of the molecule is CN1CCCCC1.Nc1nnc(-c2ccc(C(F)(F)F)cc2O)c2ccncc12. The fraction of sp³-hybridized carbons (Fsp3) is 0.350. The smallest absolute Gasteiger partial charge is 0.416 e. The number of anilines is 1. The lowest BCUT2D eigenvalue weighted by Crippen LogP contribution is -2.24. The number of piperidine rings is 1. The fourth-order valence-electron chi connectivity index (χ4n) is 3.18. The Morgan fingerprint density at radius 3 is 2.34 bits per heavy atom. The number of alkyl halides is 3. The molecule has 1 aromatic carbocycles. The first kappa shape index (κ1) is 20.8. The van der Waals surface area contributed by atoms with E-state index in [0.29, 0.717) is 16.8 Å². The van der Waals surface area contributed by atoms with Crippen LogP contribution in [0, 0.1) is 0 Å². The van der Waals surface area contributed by atoms with Crippen LogP contribution in [0.25, 0.3) is 22.0 Å². The van der Waals surface area contributed by atoms with Gasteiger partial charge in [0.1, 0.15) is 11.4 Å². The number of fused-ring (bicyclic) bond motifs is 1. The molecule has 0 amide bonds. The maximum absolute atomic E-state index is 12.6. The van der Waals surface area contributed by atoms with Gasteiger partial charge in [-0.2, -0.15) is 13.2 Å². The van der Waals surface area contributed by atoms with Gasteiger partial charge in [-0.1, -0.05) is 6.42 Å². The predicted octanol–water partition coefficient (Wildman–Crippen LogP) is 4.10. The number of nitrogens with zero attached hydrogens (tertiary/aromatic N) is 4. The first-order valence-electron chi connectivity index (χ1n) is 9.22. The minimum absolute atomic E-state index is 0.136. The Labute approximate surface area is 166 Å². The summed E-state index contributed by atoms with van der Waals surface area (Å²) in [7, 11) is 2.19. The fourth-order valence-corrected chi connectivity index (χ4v) is 3.18. The van der Waals surface area contributed by atoms with Crippen LogP contribution in [0.3, 0.4) is 0 Å². The van der Waals surface area contributed by atoms with Crippen molar-refractivity contribution in [1.29, 1.82) is 0 Å². The second kappa shape index (κ2) is 8.60. The summed E-state index contributed by atoms with van der Waals surface area (Å²) in [5, 5.41) is 18.6. The van der Waals surface area contributed by atoms with Crippen molar-refractivity contribution in [3.63, 3.8) is 0 Å². The minimum atomic E-state index is -4.53. The monoisotopic (exact) mass is 405 g/mol. The van der Waals surface area contributed by atoms with E-state index in [4.69, 9.17) is 5.73 Å². The van der Waals surface area contributed by atoms with Crippen LogP contribution in [0.4, 0.5) is 19.0 Å². The molecule has 3 aromatic rings. The number of benzene rings is 1. The largest absolute Gasteiger partial charge is 0.507 e. The van der Waals surface area contributed by atoms with Crippen LogP contribution in [0.2, 0.25) is 0 Å². The third kappa shape index (κ3) is 4.92. The van der Waals surface area contributed by atoms with Crippen molar-refractivity contribution in [3.8, 4) is 17.0 Å². The van der Waals surface area contributed by atoms with E-state index in [-0.39, 0.29) is 17.1 Å². The van der Waals surface area contributed by atoms with Crippen molar-refractivity contribution in [1.82, 2.24) is 20.1 Å². The number of rotatable bonds is 1. The lowest BCUT2D eigenvalue weighted by molar-refractivity contribution is -0.137. The molecule has 2 aromatic heterocycles. The molecule has 4 rings (SSSR count). The second-order valence-corrected chi connectivity index (χ2v) is 6.95. The Morgan fingerprint density at radius 1 is 1.03 bits per heavy atom. The molecular formula is C20H22F3N5O. The topological polar surface area (TPSA) is 88.2 Å². The maximum Gasteiger partial charge on any atom is 0.416 e. The van der Waals surface area contributed by atoms with E-state index in [9.17, 15) is 18.3 Å². The van der Waals surface area contributed by atoms with E-state index in [2.05, 4.69) is 27.1 Å². The number of hydrogen-bond acceptors (Lipinski definition) is 6. The molecule has 0 saturated carbocycles. The number of aromatic nitrogens is 3. The summed E-state index contributed by atoms with van der Waals surface area (Å²) >= 11 is 0. The molecule has 3 heterocycles. The summed E-state index contributed by atoms with van der Waals surface area (Å²) in [6.45, 7) is 2.64. The molecular weight excluding hydrogens is 383 g/mol. The zero-order chi connectivity index (χ0) is 21.0. The van der Waals surface area contributed by atoms with Crippen molar-refractivity contribution in [2.75, 3.05) is 25.9 Å². The molecule has 0 unspecified atom stereocenters. The summed E-state index contributed by atoms with van der Waals surface area (Å²) in [6, 6.07) is 4.28. The Balaban J connectivity index is 0.000000290. The average molecular weight is 405 g/mol. The Hall–Kier alpha value is -2.94. The lowest BCUT2D eigenvalue weighted by Gasteiger charge is -2.20. The van der Waals surface area contributed by atoms with Crippen molar-refractivity contribution in [2.24, 2.45) is 0 Å². The molecule has 9 heteroatoms. The lowest BCUT2D eigenvalue weighted by atomic mass is 10.0. The van der Waals surface area contributed by atoms with Gasteiger partial charge in [-0.25, -0.2) is 0 Å². The molecule has 0 bridgehead atoms. The summed E-state index contributed by atoms with van der Waals surface area (Å²) in [6.07, 6.45) is 2.71. The third-order valence-electron chi connectivity index (χ3n) is 4.77. The molecule has 0 aliphatic carbocycles. The minimum Gasteiger partial charge on any atom is -0.507 e. The number of hydrogen-bond donors (Lipinski definition) is 2. The summed E-state index contributed by atoms with van der Waals surface area (Å²) in [5.41, 5.74) is 5.13. The highest BCUT2D eigenvalue weighted by Gasteiger charge is 2.31. The highest BCUT2D eigenvalue weighted by Crippen LogP contribution is 2.38. The van der Waals surface area contributed by atoms with Gasteiger partial charge in [-0.15, -0.1) is 10.2 Å². The van der Waals surface area contributed by atoms with Gasteiger partial charge in [0.2, 0.25) is 0 Å². The first-order valence-corrected chi connectivity index (χ1v) is 9.22. The summed E-state index contributed by atoms with van der Waals surface area (Å²) in [5.74, 6) is -0.384. The van der Waals surface area contributed by atoms with Crippen molar-refractivity contribution in [3.05, 3.63) is 42.2 Å². The summed E-state index contributed by atoms with van der Waals surface area (Å²) < 4.78 is 37.9. The quantitative estimate of drug-likeness (QED) is 0.634. The van der Waals surface area contributed by atoms with E-state index in [1.165, 1.54) is 44.7 Å². The van der Waals surface area contributed by atoms with Crippen LogP contribution >= 0.6 is 0 Å². The van der Waals surface area contributed by atoms with E-state index in [1.807, 2.05) is 0 Å². The van der Waals surface area contributed by atoms with Gasteiger partial charge in [0.15, 0.2) is 5.82 Å². The first-order chi connectivity index (χ1) is 13.8. The number of aromatic hydroxyl groups is 1. The summed E-state index contributed by atoms with van der Waals surface area (Å²) in [4.78, 5) is 6.31. The molecule has 6 nitrogen and oxygen atoms in total. The number of phenols is 1. The van der Waals surface area contributed by atoms with Crippen LogP contribution in [0.15, 0.2) is 36.7 Å². The standard InChI is InChI=1S/C14H9F3N4O.C6H13N/c15-14(16,17)7-1-2-9(11(22)5-7)12-8-3-4-19-6-10(8)13(18)21-20-12;1-7-5-3-2-4-6-7/h1-6,22H,(H2,18,21);2-6H2,1H3. The van der Waals surface area contributed by atoms with Gasteiger partial charge in [0.25, 0.3) is 0 Å². The number of pyridine rings is 1. The highest BCUT2D eigenvalue weighted by atomic mass is 19.4. The number of nitrogen functional groups attached to an aromatic ring is 1. The maximum atomic E-state index is 12.6. The second-order valence-electron chi connectivity index (χ2n) is 6.95. The number of halogens is 3. The van der Waals surface area contributed by atoms with Gasteiger partial charge in [0.05, 0.1) is 5.56 Å². The van der Waals surface area contributed by atoms with Crippen LogP contribution < -0.4 is 5.73 Å². The Morgan fingerprint density at radius 2 is 1.76 bits per heavy atom. The van der Waals surface area contributed by atoms with E-state index >= 15 is 0 Å². The van der Waals surface area contributed by atoms with Gasteiger partial charge in [-0.3, -0.25) is 4.98 Å². The number of likely N-dealkylation sites (tertiary alicyclic amines) is 1. The number of phenolic OH excluding ortho intramolecular Hbond substituents is 1. The highest BCUT2D eigenvalue weighted by molar-refractivity contribution is 5.99. The Bertz CT molecular complexity index is 988. The predicted molar refractivity (Wildman–Crippen MR) is 105 cm³/mol. The molecule has 29 heavy (non-hydrogen) atoms. The molecule has 1 aliphatic rings. The van der Waals surface area contributed by atoms with E-state index < -0.39 is 17.5 Å². The van der Waals surface area contributed by atoms with Gasteiger partial charge < -0.3 is 15.7 Å². The van der Waals surface area contributed by atoms with Gasteiger partial charge >= 0.3 is 6.18 Å². The van der Waals surface area contributed by atoms with Crippen LogP contribution in [-0.4, -0.2) is 45.3 Å². The molecule has 1 aliphatic heterocycles. The van der Waals surface area contributed by atoms with Crippen LogP contribution in [0.5, 0.6) is 5.75 Å². The van der Waals surface area contributed by atoms with Gasteiger partial charge in [0, 0.05) is 28.7 Å². The van der Waals surface area contributed by atoms with Crippen molar-refractivity contribution < 1.29 is 18.3 Å². The van der Waals surface area contributed by atoms with Crippen LogP contribution in [0.1, 0.15) is 24.8 Å². The Kier molecular flexibility index (Phi) is 6.17. The normalized spacial score (nSPS) is 15.0. The molecule has 1 fully saturated rings. The molecule has 154 valence electrons. The van der Waals surface area contributed by atoms with Crippen molar-refractivity contribution >= 4 is 16.6 Å². The van der Waals surface area contributed by atoms with E-state index in [0.717, 1.165) is 12.1 Å². The number of nitrogens with two attached hydrogens (primary N) is 1. The zero-order valence-electron chi connectivity index (χ0n) is 15.9. The average Bonchev–Trinajstić information content (AvgIpc) is 2.69.